The van der Waals surface area contributed by atoms with Gasteiger partial charge < -0.3 is 14.0 Å². The number of hydrogen-bond donors (Lipinski definition) is 0. The summed E-state index contributed by atoms with van der Waals surface area (Å²) in [5.41, 5.74) is 3.08. The van der Waals surface area contributed by atoms with Gasteiger partial charge in [0.15, 0.2) is 16.8 Å². The van der Waals surface area contributed by atoms with Gasteiger partial charge in [-0.1, -0.05) is 18.2 Å². The Kier molecular flexibility index (Phi) is 6.32. The van der Waals surface area contributed by atoms with Crippen molar-refractivity contribution in [2.45, 2.75) is 83.6 Å². The molecule has 1 saturated carbocycles. The molecule has 1 saturated heterocycles. The summed E-state index contributed by atoms with van der Waals surface area (Å²) >= 11 is 1.44. The number of nitrogens with zero attached hydrogens (tertiary/aromatic N) is 5. The van der Waals surface area contributed by atoms with Crippen LogP contribution < -0.4 is 0 Å². The molecule has 0 bridgehead atoms. The van der Waals surface area contributed by atoms with Crippen molar-refractivity contribution in [3.63, 3.8) is 0 Å². The second kappa shape index (κ2) is 8.96. The summed E-state index contributed by atoms with van der Waals surface area (Å²) in [6.45, 7) is 8.18. The third-order valence-electron chi connectivity index (χ3n) is 6.14. The van der Waals surface area contributed by atoms with E-state index in [1.165, 1.54) is 30.3 Å². The Morgan fingerprint density at radius 3 is 2.73 bits per heavy atom. The van der Waals surface area contributed by atoms with Crippen molar-refractivity contribution in [2.75, 3.05) is 12.3 Å². The molecule has 2 aromatic heterocycles. The summed E-state index contributed by atoms with van der Waals surface area (Å²) in [5.74, 6) is 1.48. The van der Waals surface area contributed by atoms with Crippen molar-refractivity contribution in [1.82, 2.24) is 24.2 Å². The van der Waals surface area contributed by atoms with E-state index < -0.39 is 0 Å². The second-order valence-electron chi connectivity index (χ2n) is 8.37. The van der Waals surface area contributed by atoms with Crippen molar-refractivity contribution in [1.29, 1.82) is 0 Å². The predicted octanol–water partition coefficient (Wildman–Crippen LogP) is 3.93. The van der Waals surface area contributed by atoms with Crippen LogP contribution in [0.5, 0.6) is 0 Å². The molecule has 2 aromatic rings. The topological polar surface area (TPSA) is 73.0 Å². The second-order valence-corrected chi connectivity index (χ2v) is 9.31. The fraction of sp³-hybridized carbons (Fsp3) is 0.636. The third kappa shape index (κ3) is 4.33. The standard InChI is InChI=1S/C22H31N5O2S/c1-4-26-20(13-25-11-7-5-6-8-21(25)29)23-24-22(26)30-14-19(28)18-12-15(2)27(16(18)3)17-9-10-17/h12,17H,4-11,13-14H2,1-3H3. The predicted molar refractivity (Wildman–Crippen MR) is 117 cm³/mol. The molecular weight excluding hydrogens is 398 g/mol. The van der Waals surface area contributed by atoms with Crippen LogP contribution in [0.4, 0.5) is 0 Å². The molecule has 1 aliphatic heterocycles. The molecule has 0 unspecified atom stereocenters. The molecule has 30 heavy (non-hydrogen) atoms. The number of carbonyl (C=O) groups excluding carboxylic acids is 2. The Bertz CT molecular complexity index is 944. The summed E-state index contributed by atoms with van der Waals surface area (Å²) in [4.78, 5) is 27.1. The zero-order valence-corrected chi connectivity index (χ0v) is 19.0. The average molecular weight is 430 g/mol. The van der Waals surface area contributed by atoms with E-state index in [1.54, 1.807) is 0 Å². The van der Waals surface area contributed by atoms with Gasteiger partial charge in [0.05, 0.1) is 12.3 Å². The number of carbonyl (C=O) groups is 2. The SMILES string of the molecule is CCn1c(CN2CCCCCC2=O)nnc1SCC(=O)c1cc(C)n(C2CC2)c1C. The first-order valence-electron chi connectivity index (χ1n) is 11.0. The minimum Gasteiger partial charge on any atom is -0.345 e. The molecule has 2 fully saturated rings. The molecule has 1 aliphatic carbocycles. The van der Waals surface area contributed by atoms with E-state index in [-0.39, 0.29) is 11.7 Å². The maximum absolute atomic E-state index is 12.9. The molecule has 162 valence electrons. The lowest BCUT2D eigenvalue weighted by atomic mass is 10.2. The number of Topliss-reactive ketones (excluding diaryl/α,β-unsaturated/α-hetero) is 1. The van der Waals surface area contributed by atoms with Crippen LogP contribution >= 0.6 is 11.8 Å². The molecule has 0 aromatic carbocycles. The van der Waals surface area contributed by atoms with E-state index in [0.717, 1.165) is 54.6 Å². The van der Waals surface area contributed by atoms with Crippen molar-refractivity contribution in [3.05, 3.63) is 28.8 Å². The van der Waals surface area contributed by atoms with Crippen molar-refractivity contribution in [2.24, 2.45) is 0 Å². The quantitative estimate of drug-likeness (QED) is 0.470. The number of aromatic nitrogens is 4. The van der Waals surface area contributed by atoms with Crippen LogP contribution in [-0.4, -0.2) is 48.2 Å². The van der Waals surface area contributed by atoms with Gasteiger partial charge in [0, 0.05) is 42.5 Å². The van der Waals surface area contributed by atoms with Crippen LogP contribution in [-0.2, 0) is 17.9 Å². The number of hydrogen-bond acceptors (Lipinski definition) is 5. The third-order valence-corrected chi connectivity index (χ3v) is 7.11. The number of rotatable bonds is 8. The summed E-state index contributed by atoms with van der Waals surface area (Å²) < 4.78 is 4.34. The van der Waals surface area contributed by atoms with Crippen LogP contribution in [0.15, 0.2) is 11.2 Å². The Morgan fingerprint density at radius 2 is 2.00 bits per heavy atom. The number of thioether (sulfide) groups is 1. The highest BCUT2D eigenvalue weighted by molar-refractivity contribution is 7.99. The Morgan fingerprint density at radius 1 is 1.20 bits per heavy atom. The van der Waals surface area contributed by atoms with Gasteiger partial charge in [-0.25, -0.2) is 0 Å². The number of ketones is 1. The van der Waals surface area contributed by atoms with Gasteiger partial charge in [0.1, 0.15) is 0 Å². The highest BCUT2D eigenvalue weighted by Gasteiger charge is 2.28. The highest BCUT2D eigenvalue weighted by atomic mass is 32.2. The summed E-state index contributed by atoms with van der Waals surface area (Å²) in [6.07, 6.45) is 6.16. The minimum atomic E-state index is 0.134. The van der Waals surface area contributed by atoms with E-state index in [0.29, 0.717) is 24.8 Å². The Hall–Kier alpha value is -2.09. The molecule has 1 amide bonds. The van der Waals surface area contributed by atoms with Crippen molar-refractivity contribution in [3.8, 4) is 0 Å². The van der Waals surface area contributed by atoms with Gasteiger partial charge in [-0.05, 0) is 52.5 Å². The van der Waals surface area contributed by atoms with E-state index in [9.17, 15) is 9.59 Å². The molecule has 0 radical (unpaired) electrons. The van der Waals surface area contributed by atoms with Crippen LogP contribution in [0.25, 0.3) is 0 Å². The molecule has 7 nitrogen and oxygen atoms in total. The molecule has 8 heteroatoms. The fourth-order valence-corrected chi connectivity index (χ4v) is 5.30. The van der Waals surface area contributed by atoms with Crippen molar-refractivity contribution < 1.29 is 9.59 Å². The first-order valence-corrected chi connectivity index (χ1v) is 12.0. The van der Waals surface area contributed by atoms with E-state index in [4.69, 9.17) is 0 Å². The number of amides is 1. The van der Waals surface area contributed by atoms with E-state index in [1.807, 2.05) is 29.4 Å². The largest absolute Gasteiger partial charge is 0.345 e. The lowest BCUT2D eigenvalue weighted by Crippen LogP contribution is -2.31. The van der Waals surface area contributed by atoms with Gasteiger partial charge >= 0.3 is 0 Å². The zero-order chi connectivity index (χ0) is 21.3. The molecule has 0 N–H and O–H groups in total. The van der Waals surface area contributed by atoms with Gasteiger partial charge in [0.25, 0.3) is 0 Å². The van der Waals surface area contributed by atoms with Gasteiger partial charge in [-0.3, -0.25) is 9.59 Å². The first-order chi connectivity index (χ1) is 14.5. The van der Waals surface area contributed by atoms with Crippen LogP contribution in [0.1, 0.15) is 79.1 Å². The molecular formula is C22H31N5O2S. The Labute approximate surface area is 182 Å². The number of aryl methyl sites for hydroxylation is 1. The summed E-state index contributed by atoms with van der Waals surface area (Å²) in [7, 11) is 0. The van der Waals surface area contributed by atoms with Gasteiger partial charge in [0.2, 0.25) is 5.91 Å². The molecule has 0 atom stereocenters. The molecule has 4 rings (SSSR count). The van der Waals surface area contributed by atoms with E-state index >= 15 is 0 Å². The number of likely N-dealkylation sites (tertiary alicyclic amines) is 1. The monoisotopic (exact) mass is 429 g/mol. The van der Waals surface area contributed by atoms with Crippen LogP contribution in [0, 0.1) is 13.8 Å². The summed E-state index contributed by atoms with van der Waals surface area (Å²) in [6, 6.07) is 2.60. The molecule has 0 spiro atoms. The molecule has 2 aliphatic rings. The van der Waals surface area contributed by atoms with E-state index in [2.05, 4.69) is 21.7 Å². The fourth-order valence-electron chi connectivity index (χ4n) is 4.40. The lowest BCUT2D eigenvalue weighted by molar-refractivity contribution is -0.131. The smallest absolute Gasteiger partial charge is 0.222 e. The normalized spacial score (nSPS) is 17.4. The van der Waals surface area contributed by atoms with Crippen molar-refractivity contribution >= 4 is 23.5 Å². The summed E-state index contributed by atoms with van der Waals surface area (Å²) in [5, 5.41) is 9.43. The van der Waals surface area contributed by atoms with Gasteiger partial charge in [-0.2, -0.15) is 0 Å². The van der Waals surface area contributed by atoms with Gasteiger partial charge in [-0.15, -0.1) is 10.2 Å². The Balaban J connectivity index is 1.43. The molecule has 3 heterocycles. The zero-order valence-electron chi connectivity index (χ0n) is 18.2. The van der Waals surface area contributed by atoms with Crippen LogP contribution in [0.2, 0.25) is 0 Å². The maximum atomic E-state index is 12.9. The van der Waals surface area contributed by atoms with Crippen LogP contribution in [0.3, 0.4) is 0 Å². The average Bonchev–Trinajstić information content (AvgIpc) is 3.45. The minimum absolute atomic E-state index is 0.134. The maximum Gasteiger partial charge on any atom is 0.222 e. The lowest BCUT2D eigenvalue weighted by Gasteiger charge is -2.20. The first kappa shape index (κ1) is 21.2. The highest BCUT2D eigenvalue weighted by Crippen LogP contribution is 2.38.